The van der Waals surface area contributed by atoms with Crippen LogP contribution in [0.25, 0.3) is 0 Å². The summed E-state index contributed by atoms with van der Waals surface area (Å²) in [4.78, 5) is 33.6. The van der Waals surface area contributed by atoms with Gasteiger partial charge in [0.1, 0.15) is 18.4 Å². The van der Waals surface area contributed by atoms with Crippen molar-refractivity contribution in [3.63, 3.8) is 0 Å². The topological polar surface area (TPSA) is 83.6 Å². The van der Waals surface area contributed by atoms with Gasteiger partial charge in [-0.15, -0.1) is 0 Å². The second-order valence-electron chi connectivity index (χ2n) is 13.3. The first-order chi connectivity index (χ1) is 19.8. The summed E-state index contributed by atoms with van der Waals surface area (Å²) in [5.41, 5.74) is 2.75. The van der Waals surface area contributed by atoms with Crippen molar-refractivity contribution in [1.82, 2.24) is 20.5 Å². The molecule has 0 saturated heterocycles. The second-order valence-corrected chi connectivity index (χ2v) is 13.3. The number of pyridine rings is 1. The lowest BCUT2D eigenvalue weighted by Crippen LogP contribution is -2.57. The van der Waals surface area contributed by atoms with Gasteiger partial charge in [-0.05, 0) is 93.6 Å². The highest BCUT2D eigenvalue weighted by Crippen LogP contribution is 2.20. The van der Waals surface area contributed by atoms with E-state index in [1.165, 1.54) is 0 Å². The average molecular weight is 573 g/mol. The molecule has 2 aromatic carbocycles. The van der Waals surface area contributed by atoms with E-state index in [2.05, 4.69) is 41.3 Å². The maximum Gasteiger partial charge on any atom is 0.243 e. The van der Waals surface area contributed by atoms with Crippen molar-refractivity contribution >= 4 is 11.8 Å². The van der Waals surface area contributed by atoms with Crippen molar-refractivity contribution in [2.45, 2.75) is 85.0 Å². The third-order valence-electron chi connectivity index (χ3n) is 6.97. The van der Waals surface area contributed by atoms with Crippen LogP contribution in [0.2, 0.25) is 0 Å². The summed E-state index contributed by atoms with van der Waals surface area (Å²) in [6.07, 6.45) is 5.31. The van der Waals surface area contributed by atoms with Crippen molar-refractivity contribution in [3.8, 4) is 5.75 Å². The van der Waals surface area contributed by atoms with Gasteiger partial charge in [-0.25, -0.2) is 0 Å². The first kappa shape index (κ1) is 32.8. The molecule has 42 heavy (non-hydrogen) atoms. The van der Waals surface area contributed by atoms with Crippen LogP contribution < -0.4 is 15.4 Å². The van der Waals surface area contributed by atoms with Crippen LogP contribution >= 0.6 is 0 Å². The molecule has 3 rings (SSSR count). The largest absolute Gasteiger partial charge is 0.489 e. The van der Waals surface area contributed by atoms with E-state index in [4.69, 9.17) is 4.74 Å². The zero-order valence-electron chi connectivity index (χ0n) is 26.3. The highest BCUT2D eigenvalue weighted by molar-refractivity contribution is 5.90. The molecule has 2 atom stereocenters. The van der Waals surface area contributed by atoms with Gasteiger partial charge in [0.2, 0.25) is 11.8 Å². The van der Waals surface area contributed by atoms with Gasteiger partial charge in [-0.3, -0.25) is 19.5 Å². The summed E-state index contributed by atoms with van der Waals surface area (Å²) < 4.78 is 5.93. The predicted octanol–water partition coefficient (Wildman–Crippen LogP) is 5.58. The molecule has 1 aromatic heterocycles. The molecule has 0 aliphatic rings. The Labute approximate surface area is 252 Å². The summed E-state index contributed by atoms with van der Waals surface area (Å²) in [5.74, 6) is 0.376. The standard InChI is InChI=1S/C35H48N4O3/c1-34(2,3)19-22-39(7)31(24-27-17-20-36-21-18-27)33(41)37-30(32(40)38-35(4,5)6)23-26-13-15-29(16-14-26)42-25-28-11-9-8-10-12-28/h8-18,20-21,30-31H,19,22-25H2,1-7H3,(H,37,41)(H,38,40). The van der Waals surface area contributed by atoms with Gasteiger partial charge in [-0.2, -0.15) is 0 Å². The molecule has 0 radical (unpaired) electrons. The van der Waals surface area contributed by atoms with Crippen LogP contribution in [0.3, 0.4) is 0 Å². The van der Waals surface area contributed by atoms with Crippen LogP contribution in [0, 0.1) is 5.41 Å². The van der Waals surface area contributed by atoms with E-state index >= 15 is 0 Å². The number of hydrogen-bond donors (Lipinski definition) is 2. The minimum absolute atomic E-state index is 0.137. The van der Waals surface area contributed by atoms with Crippen molar-refractivity contribution in [2.75, 3.05) is 13.6 Å². The molecule has 1 heterocycles. The maximum absolute atomic E-state index is 13.9. The fraction of sp³-hybridized carbons (Fsp3) is 0.457. The smallest absolute Gasteiger partial charge is 0.243 e. The lowest BCUT2D eigenvalue weighted by Gasteiger charge is -2.32. The highest BCUT2D eigenvalue weighted by Gasteiger charge is 2.30. The number of aromatic nitrogens is 1. The number of nitrogens with one attached hydrogen (secondary N) is 2. The number of amides is 2. The van der Waals surface area contributed by atoms with Crippen LogP contribution in [-0.2, 0) is 29.0 Å². The number of rotatable bonds is 13. The van der Waals surface area contributed by atoms with Gasteiger partial charge in [0.15, 0.2) is 0 Å². The molecule has 226 valence electrons. The third kappa shape index (κ3) is 11.6. The number of carbonyl (C=O) groups excluding carboxylic acids is 2. The Balaban J connectivity index is 1.76. The van der Waals surface area contributed by atoms with E-state index in [0.29, 0.717) is 19.4 Å². The zero-order chi connectivity index (χ0) is 30.8. The molecule has 0 fully saturated rings. The molecule has 0 spiro atoms. The van der Waals surface area contributed by atoms with Gasteiger partial charge in [0.25, 0.3) is 0 Å². The van der Waals surface area contributed by atoms with Crippen LogP contribution in [0.5, 0.6) is 5.75 Å². The average Bonchev–Trinajstić information content (AvgIpc) is 2.93. The minimum atomic E-state index is -0.733. The molecule has 0 aliphatic carbocycles. The Hall–Kier alpha value is -3.71. The Kier molecular flexibility index (Phi) is 11.7. The van der Waals surface area contributed by atoms with E-state index < -0.39 is 17.6 Å². The highest BCUT2D eigenvalue weighted by atomic mass is 16.5. The van der Waals surface area contributed by atoms with Crippen molar-refractivity contribution in [2.24, 2.45) is 5.41 Å². The first-order valence-electron chi connectivity index (χ1n) is 14.8. The van der Waals surface area contributed by atoms with Gasteiger partial charge < -0.3 is 15.4 Å². The van der Waals surface area contributed by atoms with Crippen LogP contribution in [-0.4, -0.2) is 52.9 Å². The van der Waals surface area contributed by atoms with Gasteiger partial charge >= 0.3 is 0 Å². The second kappa shape index (κ2) is 15.0. The van der Waals surface area contributed by atoms with E-state index in [1.807, 2.05) is 94.5 Å². The molecule has 0 aliphatic heterocycles. The summed E-state index contributed by atoms with van der Waals surface area (Å²) in [5, 5.41) is 6.17. The molecule has 7 heteroatoms. The summed E-state index contributed by atoms with van der Waals surface area (Å²) in [6.45, 7) is 13.7. The van der Waals surface area contributed by atoms with Crippen molar-refractivity contribution in [3.05, 3.63) is 95.8 Å². The van der Waals surface area contributed by atoms with Crippen molar-refractivity contribution in [1.29, 1.82) is 0 Å². The zero-order valence-corrected chi connectivity index (χ0v) is 26.3. The Morgan fingerprint density at radius 1 is 0.810 bits per heavy atom. The molecule has 2 amide bonds. The monoisotopic (exact) mass is 572 g/mol. The van der Waals surface area contributed by atoms with Gasteiger partial charge in [-0.1, -0.05) is 63.2 Å². The molecule has 7 nitrogen and oxygen atoms in total. The van der Waals surface area contributed by atoms with Gasteiger partial charge in [0.05, 0.1) is 6.04 Å². The van der Waals surface area contributed by atoms with Gasteiger partial charge in [0, 0.05) is 24.4 Å². The molecular weight excluding hydrogens is 524 g/mol. The molecule has 3 aromatic rings. The van der Waals surface area contributed by atoms with Crippen LogP contribution in [0.4, 0.5) is 0 Å². The normalized spacial score (nSPS) is 13.3. The number of ether oxygens (including phenoxy) is 1. The van der Waals surface area contributed by atoms with Crippen LogP contribution in [0.1, 0.15) is 64.7 Å². The lowest BCUT2D eigenvalue weighted by molar-refractivity contribution is -0.132. The lowest BCUT2D eigenvalue weighted by atomic mass is 9.91. The third-order valence-corrected chi connectivity index (χ3v) is 6.97. The Bertz CT molecular complexity index is 1250. The Morgan fingerprint density at radius 2 is 1.43 bits per heavy atom. The Morgan fingerprint density at radius 3 is 2.02 bits per heavy atom. The van der Waals surface area contributed by atoms with Crippen molar-refractivity contribution < 1.29 is 14.3 Å². The van der Waals surface area contributed by atoms with E-state index in [0.717, 1.165) is 35.4 Å². The number of likely N-dealkylation sites (N-methyl/N-ethyl adjacent to an activating group) is 1. The summed E-state index contributed by atoms with van der Waals surface area (Å²) in [7, 11) is 1.98. The summed E-state index contributed by atoms with van der Waals surface area (Å²) >= 11 is 0. The predicted molar refractivity (Wildman–Crippen MR) is 169 cm³/mol. The number of benzene rings is 2. The molecule has 2 N–H and O–H groups in total. The number of carbonyl (C=O) groups is 2. The molecule has 0 bridgehead atoms. The minimum Gasteiger partial charge on any atom is -0.489 e. The fourth-order valence-corrected chi connectivity index (χ4v) is 4.49. The fourth-order valence-electron chi connectivity index (χ4n) is 4.49. The van der Waals surface area contributed by atoms with E-state index in [9.17, 15) is 9.59 Å². The number of nitrogens with zero attached hydrogens (tertiary/aromatic N) is 2. The van der Waals surface area contributed by atoms with E-state index in [-0.39, 0.29) is 17.2 Å². The molecular formula is C35H48N4O3. The quantitative estimate of drug-likeness (QED) is 0.279. The summed E-state index contributed by atoms with van der Waals surface area (Å²) in [6, 6.07) is 20.4. The SMILES string of the molecule is CN(CCC(C)(C)C)C(Cc1ccncc1)C(=O)NC(Cc1ccc(OCc2ccccc2)cc1)C(=O)NC(C)(C)C. The molecule has 0 saturated carbocycles. The molecule has 2 unspecified atom stereocenters. The first-order valence-corrected chi connectivity index (χ1v) is 14.8. The van der Waals surface area contributed by atoms with Crippen LogP contribution in [0.15, 0.2) is 79.1 Å². The van der Waals surface area contributed by atoms with E-state index in [1.54, 1.807) is 12.4 Å². The number of hydrogen-bond acceptors (Lipinski definition) is 5. The maximum atomic E-state index is 13.9.